The molecule has 1 heterocycles. The number of halogens is 1. The van der Waals surface area contributed by atoms with Crippen LogP contribution in [0.5, 0.6) is 5.75 Å². The standard InChI is InChI=1S/C12H12BrNO3S/c13-10-3-8(5-15)12(9(4-10)6-16)17-7-11-14-1-2-18-11/h1-4,15-16H,5-7H2. The number of aromatic nitrogens is 1. The number of benzene rings is 1. The third kappa shape index (κ3) is 3.08. The van der Waals surface area contributed by atoms with Gasteiger partial charge in [0.15, 0.2) is 0 Å². The zero-order valence-corrected chi connectivity index (χ0v) is 11.9. The maximum atomic E-state index is 9.32. The summed E-state index contributed by atoms with van der Waals surface area (Å²) in [5.41, 5.74) is 1.29. The van der Waals surface area contributed by atoms with Crippen molar-refractivity contribution in [3.63, 3.8) is 0 Å². The molecule has 2 aromatic rings. The Morgan fingerprint density at radius 3 is 2.39 bits per heavy atom. The maximum Gasteiger partial charge on any atom is 0.140 e. The molecule has 4 nitrogen and oxygen atoms in total. The molecule has 6 heteroatoms. The third-order valence-corrected chi connectivity index (χ3v) is 3.58. The highest BCUT2D eigenvalue weighted by molar-refractivity contribution is 9.10. The topological polar surface area (TPSA) is 62.6 Å². The van der Waals surface area contributed by atoms with Gasteiger partial charge in [-0.1, -0.05) is 15.9 Å². The Bertz CT molecular complexity index is 491. The van der Waals surface area contributed by atoms with E-state index in [0.717, 1.165) is 9.48 Å². The van der Waals surface area contributed by atoms with Gasteiger partial charge in [0.1, 0.15) is 17.4 Å². The van der Waals surface area contributed by atoms with Gasteiger partial charge in [0, 0.05) is 27.2 Å². The number of ether oxygens (including phenoxy) is 1. The number of hydrogen-bond donors (Lipinski definition) is 2. The first-order chi connectivity index (χ1) is 8.74. The van der Waals surface area contributed by atoms with Crippen molar-refractivity contribution < 1.29 is 14.9 Å². The molecule has 0 bridgehead atoms. The van der Waals surface area contributed by atoms with E-state index in [1.807, 2.05) is 5.38 Å². The molecule has 0 aliphatic carbocycles. The van der Waals surface area contributed by atoms with Crippen molar-refractivity contribution in [1.29, 1.82) is 0 Å². The zero-order valence-electron chi connectivity index (χ0n) is 9.47. The van der Waals surface area contributed by atoms with E-state index in [0.29, 0.717) is 23.5 Å². The van der Waals surface area contributed by atoms with Crippen molar-refractivity contribution in [3.05, 3.63) is 44.3 Å². The second-order valence-corrected chi connectivity index (χ2v) is 5.48. The maximum absolute atomic E-state index is 9.32. The molecule has 2 rings (SSSR count). The number of aliphatic hydroxyl groups is 2. The normalized spacial score (nSPS) is 10.6. The van der Waals surface area contributed by atoms with Crippen molar-refractivity contribution in [2.75, 3.05) is 0 Å². The summed E-state index contributed by atoms with van der Waals surface area (Å²) in [6, 6.07) is 3.55. The third-order valence-electron chi connectivity index (χ3n) is 2.37. The van der Waals surface area contributed by atoms with Gasteiger partial charge in [-0.2, -0.15) is 0 Å². The largest absolute Gasteiger partial charge is 0.486 e. The lowest BCUT2D eigenvalue weighted by molar-refractivity contribution is 0.242. The van der Waals surface area contributed by atoms with Gasteiger partial charge in [-0.15, -0.1) is 11.3 Å². The molecule has 0 aliphatic rings. The van der Waals surface area contributed by atoms with Crippen LogP contribution in [0, 0.1) is 0 Å². The van der Waals surface area contributed by atoms with Crippen molar-refractivity contribution in [1.82, 2.24) is 4.98 Å². The van der Waals surface area contributed by atoms with Crippen LogP contribution in [-0.4, -0.2) is 15.2 Å². The van der Waals surface area contributed by atoms with Gasteiger partial charge in [-0.05, 0) is 12.1 Å². The molecule has 96 valence electrons. The Labute approximate surface area is 117 Å². The average Bonchev–Trinajstić information content (AvgIpc) is 2.89. The summed E-state index contributed by atoms with van der Waals surface area (Å²) in [6.07, 6.45) is 1.71. The first-order valence-electron chi connectivity index (χ1n) is 5.28. The molecule has 0 amide bonds. The fourth-order valence-corrected chi connectivity index (χ4v) is 2.67. The van der Waals surface area contributed by atoms with Gasteiger partial charge in [-0.25, -0.2) is 4.98 Å². The van der Waals surface area contributed by atoms with Crippen molar-refractivity contribution >= 4 is 27.3 Å². The number of hydrogen-bond acceptors (Lipinski definition) is 5. The van der Waals surface area contributed by atoms with E-state index in [-0.39, 0.29) is 13.2 Å². The van der Waals surface area contributed by atoms with E-state index in [4.69, 9.17) is 4.74 Å². The van der Waals surface area contributed by atoms with Gasteiger partial charge in [0.2, 0.25) is 0 Å². The fourth-order valence-electron chi connectivity index (χ4n) is 1.59. The van der Waals surface area contributed by atoms with Crippen LogP contribution >= 0.6 is 27.3 Å². The van der Waals surface area contributed by atoms with Gasteiger partial charge < -0.3 is 14.9 Å². The lowest BCUT2D eigenvalue weighted by atomic mass is 10.1. The van der Waals surface area contributed by atoms with Gasteiger partial charge in [0.25, 0.3) is 0 Å². The van der Waals surface area contributed by atoms with Gasteiger partial charge in [-0.3, -0.25) is 0 Å². The molecule has 0 radical (unpaired) electrons. The minimum absolute atomic E-state index is 0.139. The van der Waals surface area contributed by atoms with Crippen LogP contribution in [0.25, 0.3) is 0 Å². The van der Waals surface area contributed by atoms with Crippen LogP contribution in [0.2, 0.25) is 0 Å². The quantitative estimate of drug-likeness (QED) is 0.884. The van der Waals surface area contributed by atoms with Crippen LogP contribution in [0.4, 0.5) is 0 Å². The van der Waals surface area contributed by atoms with Crippen LogP contribution in [0.15, 0.2) is 28.2 Å². The lowest BCUT2D eigenvalue weighted by Crippen LogP contribution is -2.02. The number of nitrogens with zero attached hydrogens (tertiary/aromatic N) is 1. The molecule has 1 aromatic heterocycles. The second-order valence-electron chi connectivity index (χ2n) is 3.58. The Morgan fingerprint density at radius 1 is 1.22 bits per heavy atom. The van der Waals surface area contributed by atoms with Crippen LogP contribution in [0.1, 0.15) is 16.1 Å². The molecule has 0 atom stereocenters. The molecule has 18 heavy (non-hydrogen) atoms. The molecular formula is C12H12BrNO3S. The van der Waals surface area contributed by atoms with E-state index >= 15 is 0 Å². The summed E-state index contributed by atoms with van der Waals surface area (Å²) in [7, 11) is 0. The molecule has 1 aromatic carbocycles. The Hall–Kier alpha value is -0.950. The number of aliphatic hydroxyl groups excluding tert-OH is 2. The zero-order chi connectivity index (χ0) is 13.0. The van der Waals surface area contributed by atoms with Crippen molar-refractivity contribution in [3.8, 4) is 5.75 Å². The molecular weight excluding hydrogens is 318 g/mol. The summed E-state index contributed by atoms with van der Waals surface area (Å²) in [4.78, 5) is 4.12. The Morgan fingerprint density at radius 2 is 1.89 bits per heavy atom. The minimum Gasteiger partial charge on any atom is -0.486 e. The van der Waals surface area contributed by atoms with Gasteiger partial charge >= 0.3 is 0 Å². The minimum atomic E-state index is -0.139. The number of rotatable bonds is 5. The van der Waals surface area contributed by atoms with Crippen molar-refractivity contribution in [2.24, 2.45) is 0 Å². The van der Waals surface area contributed by atoms with E-state index in [9.17, 15) is 10.2 Å². The highest BCUT2D eigenvalue weighted by Crippen LogP contribution is 2.29. The summed E-state index contributed by atoms with van der Waals surface area (Å²) in [5, 5.41) is 21.4. The van der Waals surface area contributed by atoms with Crippen LogP contribution in [0.3, 0.4) is 0 Å². The first kappa shape index (κ1) is 13.5. The molecule has 0 unspecified atom stereocenters. The van der Waals surface area contributed by atoms with E-state index < -0.39 is 0 Å². The van der Waals surface area contributed by atoms with E-state index in [2.05, 4.69) is 20.9 Å². The number of thiazole rings is 1. The predicted molar refractivity (Wildman–Crippen MR) is 72.4 cm³/mol. The summed E-state index contributed by atoms with van der Waals surface area (Å²) in [6.45, 7) is 0.0542. The second kappa shape index (κ2) is 6.29. The molecule has 2 N–H and O–H groups in total. The Balaban J connectivity index is 2.24. The highest BCUT2D eigenvalue weighted by Gasteiger charge is 2.11. The van der Waals surface area contributed by atoms with E-state index in [1.165, 1.54) is 11.3 Å². The Kier molecular flexibility index (Phi) is 4.71. The fraction of sp³-hybridized carbons (Fsp3) is 0.250. The monoisotopic (exact) mass is 329 g/mol. The summed E-state index contributed by atoms with van der Waals surface area (Å²) >= 11 is 4.83. The van der Waals surface area contributed by atoms with Crippen molar-refractivity contribution in [2.45, 2.75) is 19.8 Å². The highest BCUT2D eigenvalue weighted by atomic mass is 79.9. The molecule has 0 aliphatic heterocycles. The predicted octanol–water partition coefficient (Wildman–Crippen LogP) is 2.47. The molecule has 0 saturated heterocycles. The molecule has 0 fully saturated rings. The molecule has 0 spiro atoms. The van der Waals surface area contributed by atoms with Crippen LogP contribution < -0.4 is 4.74 Å². The smallest absolute Gasteiger partial charge is 0.140 e. The summed E-state index contributed by atoms with van der Waals surface area (Å²) < 4.78 is 6.46. The van der Waals surface area contributed by atoms with Crippen LogP contribution in [-0.2, 0) is 19.8 Å². The van der Waals surface area contributed by atoms with Gasteiger partial charge in [0.05, 0.1) is 13.2 Å². The summed E-state index contributed by atoms with van der Waals surface area (Å²) in [5.74, 6) is 0.526. The van der Waals surface area contributed by atoms with E-state index in [1.54, 1.807) is 18.3 Å². The average molecular weight is 330 g/mol. The molecule has 0 saturated carbocycles. The first-order valence-corrected chi connectivity index (χ1v) is 6.96. The SMILES string of the molecule is OCc1cc(Br)cc(CO)c1OCc1nccs1. The lowest BCUT2D eigenvalue weighted by Gasteiger charge is -2.13.